The summed E-state index contributed by atoms with van der Waals surface area (Å²) in [6.07, 6.45) is 7.20. The highest BCUT2D eigenvalue weighted by molar-refractivity contribution is 5.89. The van der Waals surface area contributed by atoms with Crippen LogP contribution in [0.15, 0.2) is 42.7 Å². The van der Waals surface area contributed by atoms with Gasteiger partial charge in [-0.2, -0.15) is 5.10 Å². The Labute approximate surface area is 137 Å². The van der Waals surface area contributed by atoms with E-state index in [1.807, 2.05) is 46.1 Å². The van der Waals surface area contributed by atoms with Crippen molar-refractivity contribution >= 4 is 11.7 Å². The second-order valence-electron chi connectivity index (χ2n) is 6.19. The fourth-order valence-electron chi connectivity index (χ4n) is 3.06. The third-order valence-electron chi connectivity index (χ3n) is 4.49. The number of likely N-dealkylation sites (tertiary alicyclic amines) is 1. The van der Waals surface area contributed by atoms with Crippen molar-refractivity contribution in [2.24, 2.45) is 5.92 Å². The summed E-state index contributed by atoms with van der Waals surface area (Å²) in [4.78, 5) is 14.3. The van der Waals surface area contributed by atoms with Gasteiger partial charge in [-0.05, 0) is 42.5 Å². The molecule has 1 fully saturated rings. The van der Waals surface area contributed by atoms with Crippen LogP contribution in [0.4, 0.5) is 10.5 Å². The second-order valence-corrected chi connectivity index (χ2v) is 6.19. The molecule has 2 aromatic rings. The molecule has 23 heavy (non-hydrogen) atoms. The number of nitrogens with zero attached hydrogens (tertiary/aromatic N) is 3. The van der Waals surface area contributed by atoms with Crippen molar-refractivity contribution in [3.63, 3.8) is 0 Å². The zero-order valence-electron chi connectivity index (χ0n) is 13.6. The minimum absolute atomic E-state index is 0.0166. The first-order valence-corrected chi connectivity index (χ1v) is 8.37. The summed E-state index contributed by atoms with van der Waals surface area (Å²) in [7, 11) is 0. The minimum Gasteiger partial charge on any atom is -0.324 e. The van der Waals surface area contributed by atoms with Crippen molar-refractivity contribution < 1.29 is 4.79 Å². The Morgan fingerprint density at radius 2 is 2.17 bits per heavy atom. The van der Waals surface area contributed by atoms with Gasteiger partial charge in [0.05, 0.1) is 6.54 Å². The fourth-order valence-corrected chi connectivity index (χ4v) is 3.06. The monoisotopic (exact) mass is 312 g/mol. The van der Waals surface area contributed by atoms with Crippen LogP contribution in [0.3, 0.4) is 0 Å². The van der Waals surface area contributed by atoms with Crippen LogP contribution in [0, 0.1) is 5.92 Å². The van der Waals surface area contributed by atoms with Crippen molar-refractivity contribution in [1.29, 1.82) is 0 Å². The zero-order valence-corrected chi connectivity index (χ0v) is 13.6. The highest BCUT2D eigenvalue weighted by Gasteiger charge is 2.22. The third-order valence-corrected chi connectivity index (χ3v) is 4.49. The molecule has 122 valence electrons. The van der Waals surface area contributed by atoms with Crippen molar-refractivity contribution in [2.45, 2.75) is 32.7 Å². The first kappa shape index (κ1) is 15.6. The molecule has 3 rings (SSSR count). The van der Waals surface area contributed by atoms with Crippen molar-refractivity contribution in [3.8, 4) is 0 Å². The Balaban J connectivity index is 1.56. The number of urea groups is 1. The number of piperidine rings is 1. The van der Waals surface area contributed by atoms with Gasteiger partial charge in [0.25, 0.3) is 0 Å². The number of benzene rings is 1. The molecule has 2 heterocycles. The molecule has 0 saturated carbocycles. The van der Waals surface area contributed by atoms with Crippen LogP contribution in [-0.2, 0) is 6.54 Å². The predicted molar refractivity (Wildman–Crippen MR) is 91.4 cm³/mol. The highest BCUT2D eigenvalue weighted by Crippen LogP contribution is 2.20. The highest BCUT2D eigenvalue weighted by atomic mass is 16.2. The summed E-state index contributed by atoms with van der Waals surface area (Å²) in [5, 5.41) is 7.21. The number of rotatable bonds is 4. The molecule has 1 atom stereocenters. The lowest BCUT2D eigenvalue weighted by atomic mass is 9.96. The maximum absolute atomic E-state index is 12.4. The Kier molecular flexibility index (Phi) is 4.95. The summed E-state index contributed by atoms with van der Waals surface area (Å²) in [5.74, 6) is 0.644. The van der Waals surface area contributed by atoms with Crippen LogP contribution in [0.1, 0.15) is 31.7 Å². The van der Waals surface area contributed by atoms with Crippen molar-refractivity contribution in [2.75, 3.05) is 18.4 Å². The molecule has 0 radical (unpaired) electrons. The van der Waals surface area contributed by atoms with E-state index < -0.39 is 0 Å². The molecule has 1 aliphatic rings. The molecular formula is C18H24N4O. The van der Waals surface area contributed by atoms with Crippen LogP contribution < -0.4 is 5.32 Å². The molecule has 1 aromatic carbocycles. The van der Waals surface area contributed by atoms with Gasteiger partial charge >= 0.3 is 6.03 Å². The van der Waals surface area contributed by atoms with E-state index in [0.29, 0.717) is 5.92 Å². The number of carbonyl (C=O) groups excluding carboxylic acids is 1. The lowest BCUT2D eigenvalue weighted by Gasteiger charge is -2.32. The zero-order chi connectivity index (χ0) is 16.1. The number of hydrogen-bond acceptors (Lipinski definition) is 2. The Morgan fingerprint density at radius 3 is 2.87 bits per heavy atom. The number of carbonyl (C=O) groups is 1. The maximum atomic E-state index is 12.4. The van der Waals surface area contributed by atoms with Gasteiger partial charge in [0.1, 0.15) is 0 Å². The van der Waals surface area contributed by atoms with Crippen LogP contribution in [0.25, 0.3) is 0 Å². The largest absolute Gasteiger partial charge is 0.324 e. The van der Waals surface area contributed by atoms with E-state index in [2.05, 4.69) is 17.3 Å². The normalized spacial score (nSPS) is 18.0. The van der Waals surface area contributed by atoms with Gasteiger partial charge in [0.2, 0.25) is 0 Å². The van der Waals surface area contributed by atoms with Crippen molar-refractivity contribution in [3.05, 3.63) is 48.3 Å². The number of anilines is 1. The summed E-state index contributed by atoms with van der Waals surface area (Å²) >= 11 is 0. The van der Waals surface area contributed by atoms with Crippen LogP contribution in [0.2, 0.25) is 0 Å². The average molecular weight is 312 g/mol. The lowest BCUT2D eigenvalue weighted by Crippen LogP contribution is -2.42. The molecule has 0 spiro atoms. The van der Waals surface area contributed by atoms with Crippen LogP contribution >= 0.6 is 0 Å². The predicted octanol–water partition coefficient (Wildman–Crippen LogP) is 3.59. The smallest absolute Gasteiger partial charge is 0.321 e. The topological polar surface area (TPSA) is 50.2 Å². The van der Waals surface area contributed by atoms with E-state index in [1.165, 1.54) is 6.42 Å². The van der Waals surface area contributed by atoms with E-state index in [1.54, 1.807) is 6.20 Å². The Hall–Kier alpha value is -2.30. The first-order chi connectivity index (χ1) is 11.2. The van der Waals surface area contributed by atoms with E-state index in [4.69, 9.17) is 0 Å². The summed E-state index contributed by atoms with van der Waals surface area (Å²) in [5.41, 5.74) is 2.01. The molecule has 1 aliphatic heterocycles. The average Bonchev–Trinajstić information content (AvgIpc) is 3.09. The maximum Gasteiger partial charge on any atom is 0.321 e. The molecule has 5 nitrogen and oxygen atoms in total. The van der Waals surface area contributed by atoms with Crippen molar-refractivity contribution in [1.82, 2.24) is 14.7 Å². The van der Waals surface area contributed by atoms with Gasteiger partial charge < -0.3 is 10.2 Å². The van der Waals surface area contributed by atoms with Crippen LogP contribution in [0.5, 0.6) is 0 Å². The Morgan fingerprint density at radius 1 is 1.35 bits per heavy atom. The van der Waals surface area contributed by atoms with Gasteiger partial charge in [0, 0.05) is 31.2 Å². The molecule has 1 aromatic heterocycles. The van der Waals surface area contributed by atoms with E-state index in [-0.39, 0.29) is 6.03 Å². The molecular weight excluding hydrogens is 288 g/mol. The number of aromatic nitrogens is 2. The minimum atomic E-state index is 0.0166. The van der Waals surface area contributed by atoms with E-state index in [9.17, 15) is 4.79 Å². The van der Waals surface area contributed by atoms with Gasteiger partial charge in [0.15, 0.2) is 0 Å². The SMILES string of the molecule is CCC1CCCN(C(=O)Nc2ccc(Cn3cccn3)cc2)C1. The second kappa shape index (κ2) is 7.31. The number of amides is 2. The van der Waals surface area contributed by atoms with Gasteiger partial charge in [-0.15, -0.1) is 0 Å². The van der Waals surface area contributed by atoms with E-state index in [0.717, 1.165) is 43.7 Å². The summed E-state index contributed by atoms with van der Waals surface area (Å²) in [6.45, 7) is 4.68. The molecule has 2 amide bonds. The van der Waals surface area contributed by atoms with Crippen LogP contribution in [-0.4, -0.2) is 33.8 Å². The van der Waals surface area contributed by atoms with Gasteiger partial charge in [-0.3, -0.25) is 4.68 Å². The quantitative estimate of drug-likeness (QED) is 0.938. The number of nitrogens with one attached hydrogen (secondary N) is 1. The standard InChI is InChI=1S/C18H24N4O/c1-2-15-5-3-11-21(13-15)18(23)20-17-8-6-16(7-9-17)14-22-12-4-10-19-22/h4,6-10,12,15H,2-3,5,11,13-14H2,1H3,(H,20,23). The Bertz CT molecular complexity index is 621. The lowest BCUT2D eigenvalue weighted by molar-refractivity contribution is 0.176. The van der Waals surface area contributed by atoms with Gasteiger partial charge in [-0.1, -0.05) is 25.5 Å². The molecule has 5 heteroatoms. The van der Waals surface area contributed by atoms with E-state index >= 15 is 0 Å². The molecule has 1 N–H and O–H groups in total. The molecule has 1 saturated heterocycles. The van der Waals surface area contributed by atoms with Gasteiger partial charge in [-0.25, -0.2) is 4.79 Å². The molecule has 0 aliphatic carbocycles. The number of hydrogen-bond donors (Lipinski definition) is 1. The summed E-state index contributed by atoms with van der Waals surface area (Å²) < 4.78 is 1.88. The summed E-state index contributed by atoms with van der Waals surface area (Å²) in [6, 6.07) is 9.90. The fraction of sp³-hybridized carbons (Fsp3) is 0.444. The third kappa shape index (κ3) is 4.12. The first-order valence-electron chi connectivity index (χ1n) is 8.37. The molecule has 1 unspecified atom stereocenters. The molecule has 0 bridgehead atoms.